The molecule has 1 amide bonds. The lowest BCUT2D eigenvalue weighted by Crippen LogP contribution is -2.44. The molecule has 1 aromatic heterocycles. The summed E-state index contributed by atoms with van der Waals surface area (Å²) in [5.41, 5.74) is 0.976. The molecular formula is C13H19N3O3S. The number of hydrogen-bond acceptors (Lipinski definition) is 4. The Kier molecular flexibility index (Phi) is 4.72. The second-order valence-electron chi connectivity index (χ2n) is 5.03. The minimum absolute atomic E-state index is 0.0878. The van der Waals surface area contributed by atoms with Gasteiger partial charge in [0.15, 0.2) is 0 Å². The third-order valence-electron chi connectivity index (χ3n) is 3.44. The van der Waals surface area contributed by atoms with E-state index in [0.29, 0.717) is 13.1 Å². The van der Waals surface area contributed by atoms with Crippen molar-refractivity contribution in [2.24, 2.45) is 5.92 Å². The highest BCUT2D eigenvalue weighted by atomic mass is 32.2. The van der Waals surface area contributed by atoms with Crippen molar-refractivity contribution in [3.05, 3.63) is 30.1 Å². The number of nitrogens with zero attached hydrogens (tertiary/aromatic N) is 2. The van der Waals surface area contributed by atoms with Gasteiger partial charge in [0.2, 0.25) is 15.9 Å². The molecule has 1 unspecified atom stereocenters. The number of rotatable bonds is 4. The number of pyridine rings is 1. The van der Waals surface area contributed by atoms with Gasteiger partial charge in [0.1, 0.15) is 0 Å². The molecule has 7 heteroatoms. The van der Waals surface area contributed by atoms with Crippen molar-refractivity contribution in [3.8, 4) is 0 Å². The van der Waals surface area contributed by atoms with Gasteiger partial charge in [-0.2, -0.15) is 0 Å². The summed E-state index contributed by atoms with van der Waals surface area (Å²) in [4.78, 5) is 16.0. The minimum Gasteiger partial charge on any atom is -0.352 e. The Morgan fingerprint density at radius 3 is 2.80 bits per heavy atom. The molecule has 1 saturated heterocycles. The Bertz CT molecular complexity index is 559. The van der Waals surface area contributed by atoms with E-state index in [1.807, 2.05) is 12.1 Å². The Balaban J connectivity index is 1.89. The number of nitrogens with one attached hydrogen (secondary N) is 1. The van der Waals surface area contributed by atoms with Gasteiger partial charge in [-0.1, -0.05) is 0 Å². The normalized spacial score (nSPS) is 20.6. The number of sulfonamides is 1. The van der Waals surface area contributed by atoms with Crippen LogP contribution in [0.2, 0.25) is 0 Å². The van der Waals surface area contributed by atoms with Crippen LogP contribution in [0, 0.1) is 5.92 Å². The molecule has 1 atom stereocenters. The Morgan fingerprint density at radius 2 is 2.15 bits per heavy atom. The van der Waals surface area contributed by atoms with E-state index in [1.165, 1.54) is 10.6 Å². The molecule has 6 nitrogen and oxygen atoms in total. The lowest BCUT2D eigenvalue weighted by atomic mass is 9.99. The van der Waals surface area contributed by atoms with Gasteiger partial charge in [-0.3, -0.25) is 9.78 Å². The standard InChI is InChI=1S/C13H19N3O3S/c1-20(18,19)16-8-2-3-12(10-16)13(17)15-9-11-4-6-14-7-5-11/h4-7,12H,2-3,8-10H2,1H3,(H,15,17). The van der Waals surface area contributed by atoms with Gasteiger partial charge < -0.3 is 5.32 Å². The van der Waals surface area contributed by atoms with Crippen LogP contribution < -0.4 is 5.32 Å². The summed E-state index contributed by atoms with van der Waals surface area (Å²) in [6.07, 6.45) is 5.99. The smallest absolute Gasteiger partial charge is 0.224 e. The molecule has 0 bridgehead atoms. The molecule has 110 valence electrons. The second kappa shape index (κ2) is 6.32. The zero-order chi connectivity index (χ0) is 14.6. The van der Waals surface area contributed by atoms with Crippen LogP contribution in [0.15, 0.2) is 24.5 Å². The van der Waals surface area contributed by atoms with Crippen LogP contribution in [0.4, 0.5) is 0 Å². The van der Waals surface area contributed by atoms with Crippen LogP contribution in [-0.2, 0) is 21.4 Å². The van der Waals surface area contributed by atoms with Gasteiger partial charge in [-0.25, -0.2) is 12.7 Å². The quantitative estimate of drug-likeness (QED) is 0.871. The molecule has 0 aliphatic carbocycles. The average molecular weight is 297 g/mol. The lowest BCUT2D eigenvalue weighted by molar-refractivity contribution is -0.126. The van der Waals surface area contributed by atoms with E-state index in [1.54, 1.807) is 12.4 Å². The number of carbonyl (C=O) groups is 1. The molecule has 1 aliphatic rings. The van der Waals surface area contributed by atoms with Crippen LogP contribution >= 0.6 is 0 Å². The number of hydrogen-bond donors (Lipinski definition) is 1. The largest absolute Gasteiger partial charge is 0.352 e. The molecule has 1 aliphatic heterocycles. The maximum Gasteiger partial charge on any atom is 0.224 e. The van der Waals surface area contributed by atoms with E-state index < -0.39 is 10.0 Å². The van der Waals surface area contributed by atoms with Crippen molar-refractivity contribution in [2.45, 2.75) is 19.4 Å². The van der Waals surface area contributed by atoms with Crippen molar-refractivity contribution in [1.29, 1.82) is 0 Å². The minimum atomic E-state index is -3.21. The summed E-state index contributed by atoms with van der Waals surface area (Å²) in [6.45, 7) is 1.23. The summed E-state index contributed by atoms with van der Waals surface area (Å²) in [7, 11) is -3.21. The third kappa shape index (κ3) is 4.01. The summed E-state index contributed by atoms with van der Waals surface area (Å²) in [5, 5.41) is 2.85. The highest BCUT2D eigenvalue weighted by Crippen LogP contribution is 2.18. The Labute approximate surface area is 119 Å². The first-order valence-electron chi connectivity index (χ1n) is 6.58. The zero-order valence-corrected chi connectivity index (χ0v) is 12.3. The fraction of sp³-hybridized carbons (Fsp3) is 0.538. The first-order chi connectivity index (χ1) is 9.47. The molecule has 0 spiro atoms. The van der Waals surface area contributed by atoms with E-state index in [0.717, 1.165) is 18.4 Å². The van der Waals surface area contributed by atoms with Crippen LogP contribution in [-0.4, -0.2) is 43.0 Å². The fourth-order valence-corrected chi connectivity index (χ4v) is 3.20. The predicted octanol–water partition coefficient (Wildman–Crippen LogP) is 0.369. The number of aromatic nitrogens is 1. The molecule has 0 radical (unpaired) electrons. The molecule has 20 heavy (non-hydrogen) atoms. The monoisotopic (exact) mass is 297 g/mol. The fourth-order valence-electron chi connectivity index (χ4n) is 2.29. The van der Waals surface area contributed by atoms with Gasteiger partial charge in [-0.15, -0.1) is 0 Å². The van der Waals surface area contributed by atoms with Crippen LogP contribution in [0.3, 0.4) is 0 Å². The number of carbonyl (C=O) groups excluding carboxylic acids is 1. The van der Waals surface area contributed by atoms with Gasteiger partial charge in [0.05, 0.1) is 12.2 Å². The predicted molar refractivity (Wildman–Crippen MR) is 75.2 cm³/mol. The molecule has 0 saturated carbocycles. The van der Waals surface area contributed by atoms with Crippen LogP contribution in [0.1, 0.15) is 18.4 Å². The van der Waals surface area contributed by atoms with Crippen LogP contribution in [0.5, 0.6) is 0 Å². The van der Waals surface area contributed by atoms with Crippen molar-refractivity contribution in [3.63, 3.8) is 0 Å². The summed E-state index contributed by atoms with van der Waals surface area (Å²) in [6, 6.07) is 3.67. The Morgan fingerprint density at radius 1 is 1.45 bits per heavy atom. The van der Waals surface area contributed by atoms with Crippen LogP contribution in [0.25, 0.3) is 0 Å². The first-order valence-corrected chi connectivity index (χ1v) is 8.43. The van der Waals surface area contributed by atoms with E-state index in [4.69, 9.17) is 0 Å². The van der Waals surface area contributed by atoms with Crippen molar-refractivity contribution < 1.29 is 13.2 Å². The van der Waals surface area contributed by atoms with Crippen molar-refractivity contribution in [2.75, 3.05) is 19.3 Å². The Hall–Kier alpha value is -1.47. The lowest BCUT2D eigenvalue weighted by Gasteiger charge is -2.30. The maximum absolute atomic E-state index is 12.1. The van der Waals surface area contributed by atoms with Crippen molar-refractivity contribution >= 4 is 15.9 Å². The highest BCUT2D eigenvalue weighted by Gasteiger charge is 2.29. The summed E-state index contributed by atoms with van der Waals surface area (Å²) >= 11 is 0. The zero-order valence-electron chi connectivity index (χ0n) is 11.4. The van der Waals surface area contributed by atoms with E-state index in [9.17, 15) is 13.2 Å². The van der Waals surface area contributed by atoms with E-state index in [-0.39, 0.29) is 18.4 Å². The first kappa shape index (κ1) is 14.9. The molecule has 0 aromatic carbocycles. The van der Waals surface area contributed by atoms with Gasteiger partial charge in [-0.05, 0) is 30.5 Å². The molecule has 1 aromatic rings. The SMILES string of the molecule is CS(=O)(=O)N1CCCC(C(=O)NCc2ccncc2)C1. The highest BCUT2D eigenvalue weighted by molar-refractivity contribution is 7.88. The molecular weight excluding hydrogens is 278 g/mol. The van der Waals surface area contributed by atoms with E-state index in [2.05, 4.69) is 10.3 Å². The van der Waals surface area contributed by atoms with Crippen molar-refractivity contribution in [1.82, 2.24) is 14.6 Å². The topological polar surface area (TPSA) is 79.4 Å². The van der Waals surface area contributed by atoms with Gasteiger partial charge in [0.25, 0.3) is 0 Å². The van der Waals surface area contributed by atoms with Gasteiger partial charge >= 0.3 is 0 Å². The second-order valence-corrected chi connectivity index (χ2v) is 7.02. The molecule has 2 heterocycles. The third-order valence-corrected chi connectivity index (χ3v) is 4.71. The molecule has 1 N–H and O–H groups in total. The number of amides is 1. The summed E-state index contributed by atoms with van der Waals surface area (Å²) < 4.78 is 24.4. The summed E-state index contributed by atoms with van der Waals surface area (Å²) in [5.74, 6) is -0.351. The molecule has 1 fully saturated rings. The average Bonchev–Trinajstić information content (AvgIpc) is 2.45. The maximum atomic E-state index is 12.1. The number of piperidine rings is 1. The van der Waals surface area contributed by atoms with E-state index >= 15 is 0 Å². The van der Waals surface area contributed by atoms with Gasteiger partial charge in [0, 0.05) is 32.0 Å². The molecule has 2 rings (SSSR count).